The molecule has 0 amide bonds. The summed E-state index contributed by atoms with van der Waals surface area (Å²) in [7, 11) is 1.68. The summed E-state index contributed by atoms with van der Waals surface area (Å²) in [5.74, 6) is 1.50. The minimum Gasteiger partial charge on any atom is -0.497 e. The first-order chi connectivity index (χ1) is 12.6. The van der Waals surface area contributed by atoms with E-state index in [2.05, 4.69) is 24.5 Å². The molecular weight excluding hydrogens is 346 g/mol. The fourth-order valence-corrected chi connectivity index (χ4v) is 3.20. The highest BCUT2D eigenvalue weighted by molar-refractivity contribution is 6.31. The topological polar surface area (TPSA) is 46.2 Å². The monoisotopic (exact) mass is 371 g/mol. The first kappa shape index (κ1) is 18.7. The van der Waals surface area contributed by atoms with Gasteiger partial charge in [0.1, 0.15) is 5.75 Å². The molecular formula is C21H26ClN3O. The van der Waals surface area contributed by atoms with Crippen LogP contribution in [0, 0.1) is 5.92 Å². The summed E-state index contributed by atoms with van der Waals surface area (Å²) >= 11 is 6.17. The highest BCUT2D eigenvalue weighted by Gasteiger charge is 2.10. The maximum atomic E-state index is 6.17. The van der Waals surface area contributed by atoms with Gasteiger partial charge in [-0.25, -0.2) is 4.98 Å². The second-order valence-electron chi connectivity index (χ2n) is 6.91. The van der Waals surface area contributed by atoms with Crippen molar-refractivity contribution in [1.82, 2.24) is 10.3 Å². The van der Waals surface area contributed by atoms with Gasteiger partial charge >= 0.3 is 0 Å². The van der Waals surface area contributed by atoms with E-state index in [0.717, 1.165) is 59.3 Å². The van der Waals surface area contributed by atoms with Crippen molar-refractivity contribution in [2.75, 3.05) is 32.1 Å². The number of halogens is 1. The number of ether oxygens (including phenoxy) is 1. The third-order valence-corrected chi connectivity index (χ3v) is 4.56. The maximum Gasteiger partial charge on any atom is 0.119 e. The SMILES string of the molecule is COc1ccc2nc3cc(Cl)ccc3c(NCCCNCC(C)C)c2c1. The van der Waals surface area contributed by atoms with Crippen molar-refractivity contribution in [3.8, 4) is 5.75 Å². The van der Waals surface area contributed by atoms with Gasteiger partial charge in [0, 0.05) is 22.3 Å². The number of aromatic nitrogens is 1. The highest BCUT2D eigenvalue weighted by Crippen LogP contribution is 2.34. The van der Waals surface area contributed by atoms with Crippen LogP contribution in [0.4, 0.5) is 5.69 Å². The molecule has 1 aromatic heterocycles. The lowest BCUT2D eigenvalue weighted by Crippen LogP contribution is -2.22. The Morgan fingerprint density at radius 2 is 1.88 bits per heavy atom. The average Bonchev–Trinajstić information content (AvgIpc) is 2.62. The van der Waals surface area contributed by atoms with Crippen LogP contribution >= 0.6 is 11.6 Å². The van der Waals surface area contributed by atoms with E-state index in [4.69, 9.17) is 21.3 Å². The second kappa shape index (κ2) is 8.56. The van der Waals surface area contributed by atoms with Crippen molar-refractivity contribution < 1.29 is 4.74 Å². The third-order valence-electron chi connectivity index (χ3n) is 4.33. The zero-order chi connectivity index (χ0) is 18.5. The van der Waals surface area contributed by atoms with Crippen LogP contribution < -0.4 is 15.4 Å². The normalized spacial score (nSPS) is 11.4. The smallest absolute Gasteiger partial charge is 0.119 e. The van der Waals surface area contributed by atoms with Crippen LogP contribution in [0.5, 0.6) is 5.75 Å². The summed E-state index contributed by atoms with van der Waals surface area (Å²) in [6.07, 6.45) is 1.05. The molecule has 1 heterocycles. The van der Waals surface area contributed by atoms with E-state index in [9.17, 15) is 0 Å². The van der Waals surface area contributed by atoms with Gasteiger partial charge in [0.25, 0.3) is 0 Å². The zero-order valence-corrected chi connectivity index (χ0v) is 16.4. The molecule has 0 fully saturated rings. The number of fused-ring (bicyclic) bond motifs is 2. The number of rotatable bonds is 8. The first-order valence-corrected chi connectivity index (χ1v) is 9.48. The number of anilines is 1. The molecule has 0 radical (unpaired) electrons. The molecule has 0 aliphatic carbocycles. The lowest BCUT2D eigenvalue weighted by atomic mass is 10.1. The molecule has 0 bridgehead atoms. The standard InChI is InChI=1S/C21H26ClN3O/c1-14(2)13-23-9-4-10-24-21-17-7-5-15(22)11-20(17)25-19-8-6-16(26-3)12-18(19)21/h5-8,11-12,14,23H,4,9-10,13H2,1-3H3,(H,24,25). The van der Waals surface area contributed by atoms with Crippen LogP contribution in [-0.4, -0.2) is 31.7 Å². The van der Waals surface area contributed by atoms with Crippen molar-refractivity contribution in [2.45, 2.75) is 20.3 Å². The summed E-state index contributed by atoms with van der Waals surface area (Å²) in [5.41, 5.74) is 2.92. The predicted octanol–water partition coefficient (Wildman–Crippen LogP) is 5.10. The van der Waals surface area contributed by atoms with E-state index in [1.54, 1.807) is 7.11 Å². The highest BCUT2D eigenvalue weighted by atomic mass is 35.5. The van der Waals surface area contributed by atoms with Gasteiger partial charge < -0.3 is 15.4 Å². The van der Waals surface area contributed by atoms with Crippen LogP contribution in [0.15, 0.2) is 36.4 Å². The number of nitrogens with zero attached hydrogens (tertiary/aromatic N) is 1. The molecule has 2 aromatic carbocycles. The Bertz CT molecular complexity index is 895. The Morgan fingerprint density at radius 1 is 1.04 bits per heavy atom. The molecule has 0 aliphatic rings. The fourth-order valence-electron chi connectivity index (χ4n) is 3.03. The van der Waals surface area contributed by atoms with E-state index < -0.39 is 0 Å². The van der Waals surface area contributed by atoms with Gasteiger partial charge in [-0.2, -0.15) is 0 Å². The number of benzene rings is 2. The Kier molecular flexibility index (Phi) is 6.17. The first-order valence-electron chi connectivity index (χ1n) is 9.10. The minimum absolute atomic E-state index is 0.674. The van der Waals surface area contributed by atoms with Gasteiger partial charge in [-0.3, -0.25) is 0 Å². The molecule has 3 aromatic rings. The average molecular weight is 372 g/mol. The van der Waals surface area contributed by atoms with E-state index in [-0.39, 0.29) is 0 Å². The van der Waals surface area contributed by atoms with Gasteiger partial charge in [0.15, 0.2) is 0 Å². The Morgan fingerprint density at radius 3 is 2.65 bits per heavy atom. The minimum atomic E-state index is 0.674. The van der Waals surface area contributed by atoms with Crippen LogP contribution in [0.3, 0.4) is 0 Å². The summed E-state index contributed by atoms with van der Waals surface area (Å²) < 4.78 is 5.40. The Hall–Kier alpha value is -2.04. The molecule has 0 aliphatic heterocycles. The van der Waals surface area contributed by atoms with Gasteiger partial charge in [-0.15, -0.1) is 0 Å². The number of hydrogen-bond donors (Lipinski definition) is 2. The number of nitrogens with one attached hydrogen (secondary N) is 2. The number of pyridine rings is 1. The lowest BCUT2D eigenvalue weighted by Gasteiger charge is -2.15. The van der Waals surface area contributed by atoms with Gasteiger partial charge in [0.2, 0.25) is 0 Å². The summed E-state index contributed by atoms with van der Waals surface area (Å²) in [6.45, 7) is 7.38. The predicted molar refractivity (Wildman–Crippen MR) is 112 cm³/mol. The fraction of sp³-hybridized carbons (Fsp3) is 0.381. The van der Waals surface area contributed by atoms with Crippen LogP contribution in [0.2, 0.25) is 5.02 Å². The van der Waals surface area contributed by atoms with Crippen molar-refractivity contribution in [1.29, 1.82) is 0 Å². The summed E-state index contributed by atoms with van der Waals surface area (Å²) in [5, 5.41) is 9.93. The largest absolute Gasteiger partial charge is 0.497 e. The molecule has 0 unspecified atom stereocenters. The summed E-state index contributed by atoms with van der Waals surface area (Å²) in [6, 6.07) is 11.8. The molecule has 0 spiro atoms. The Balaban J connectivity index is 1.88. The molecule has 0 saturated heterocycles. The third kappa shape index (κ3) is 4.37. The molecule has 0 atom stereocenters. The van der Waals surface area contributed by atoms with E-state index in [1.807, 2.05) is 36.4 Å². The van der Waals surface area contributed by atoms with Gasteiger partial charge in [0.05, 0.1) is 23.8 Å². The van der Waals surface area contributed by atoms with Gasteiger partial charge in [-0.05, 0) is 61.8 Å². The van der Waals surface area contributed by atoms with E-state index in [1.165, 1.54) is 0 Å². The molecule has 5 heteroatoms. The van der Waals surface area contributed by atoms with Crippen LogP contribution in [0.25, 0.3) is 21.8 Å². The van der Waals surface area contributed by atoms with Crippen molar-refractivity contribution in [3.05, 3.63) is 41.4 Å². The second-order valence-corrected chi connectivity index (χ2v) is 7.35. The number of hydrogen-bond acceptors (Lipinski definition) is 4. The molecule has 4 nitrogen and oxygen atoms in total. The molecule has 0 saturated carbocycles. The molecule has 3 rings (SSSR count). The Labute approximate surface area is 159 Å². The molecule has 138 valence electrons. The van der Waals surface area contributed by atoms with Crippen molar-refractivity contribution >= 4 is 39.1 Å². The number of methoxy groups -OCH3 is 1. The van der Waals surface area contributed by atoms with Crippen molar-refractivity contribution in [3.63, 3.8) is 0 Å². The zero-order valence-electron chi connectivity index (χ0n) is 15.6. The molecule has 2 N–H and O–H groups in total. The molecule has 26 heavy (non-hydrogen) atoms. The summed E-state index contributed by atoms with van der Waals surface area (Å²) in [4.78, 5) is 4.76. The van der Waals surface area contributed by atoms with Crippen LogP contribution in [0.1, 0.15) is 20.3 Å². The lowest BCUT2D eigenvalue weighted by molar-refractivity contribution is 0.415. The van der Waals surface area contributed by atoms with E-state index in [0.29, 0.717) is 10.9 Å². The van der Waals surface area contributed by atoms with Crippen LogP contribution in [-0.2, 0) is 0 Å². The van der Waals surface area contributed by atoms with E-state index >= 15 is 0 Å². The van der Waals surface area contributed by atoms with Crippen molar-refractivity contribution in [2.24, 2.45) is 5.92 Å². The van der Waals surface area contributed by atoms with Gasteiger partial charge in [-0.1, -0.05) is 25.4 Å². The maximum absolute atomic E-state index is 6.17. The quantitative estimate of drug-likeness (QED) is 0.427.